The molecule has 1 heterocycles. The van der Waals surface area contributed by atoms with Crippen molar-refractivity contribution in [2.75, 3.05) is 6.61 Å². The second kappa shape index (κ2) is 7.30. The lowest BCUT2D eigenvalue weighted by molar-refractivity contribution is -0.153. The van der Waals surface area contributed by atoms with Gasteiger partial charge in [0.15, 0.2) is 6.10 Å². The third-order valence-electron chi connectivity index (χ3n) is 4.42. The van der Waals surface area contributed by atoms with E-state index >= 15 is 0 Å². The van der Waals surface area contributed by atoms with Crippen LogP contribution in [0.1, 0.15) is 44.7 Å². The van der Waals surface area contributed by atoms with E-state index < -0.39 is 6.10 Å². The summed E-state index contributed by atoms with van der Waals surface area (Å²) in [5, 5.41) is 0.954. The zero-order chi connectivity index (χ0) is 18.0. The van der Waals surface area contributed by atoms with Crippen LogP contribution in [0.15, 0.2) is 27.4 Å². The van der Waals surface area contributed by atoms with Crippen LogP contribution in [0.3, 0.4) is 0 Å². The maximum absolute atomic E-state index is 12.1. The maximum atomic E-state index is 12.1. The SMILES string of the molecule is CC[C@@H](Oc1ccc2c3c(c(=O)oc2c1)CCC3)C(=O)OCC(C)C. The Bertz CT molecular complexity index is 834. The Kier molecular flexibility index (Phi) is 5.11. The van der Waals surface area contributed by atoms with Gasteiger partial charge in [0.2, 0.25) is 0 Å². The molecule has 1 aliphatic rings. The molecule has 2 aromatic rings. The molecule has 0 amide bonds. The number of esters is 1. The van der Waals surface area contributed by atoms with Gasteiger partial charge in [-0.3, -0.25) is 0 Å². The minimum absolute atomic E-state index is 0.263. The van der Waals surface area contributed by atoms with E-state index in [1.165, 1.54) is 0 Å². The van der Waals surface area contributed by atoms with Gasteiger partial charge < -0.3 is 13.9 Å². The summed E-state index contributed by atoms with van der Waals surface area (Å²) in [6, 6.07) is 5.41. The number of carbonyl (C=O) groups excluding carboxylic acids is 1. The van der Waals surface area contributed by atoms with Crippen LogP contribution < -0.4 is 10.4 Å². The Hall–Kier alpha value is -2.30. The van der Waals surface area contributed by atoms with Crippen molar-refractivity contribution in [1.82, 2.24) is 0 Å². The van der Waals surface area contributed by atoms with E-state index in [4.69, 9.17) is 13.9 Å². The number of rotatable bonds is 6. The van der Waals surface area contributed by atoms with Crippen molar-refractivity contribution in [3.63, 3.8) is 0 Å². The molecule has 0 spiro atoms. The average molecular weight is 344 g/mol. The molecule has 0 fully saturated rings. The summed E-state index contributed by atoms with van der Waals surface area (Å²) in [5.41, 5.74) is 2.13. The van der Waals surface area contributed by atoms with Gasteiger partial charge >= 0.3 is 11.6 Å². The van der Waals surface area contributed by atoms with Gasteiger partial charge in [-0.05, 0) is 49.3 Å². The minimum Gasteiger partial charge on any atom is -0.479 e. The summed E-state index contributed by atoms with van der Waals surface area (Å²) in [6.07, 6.45) is 2.50. The molecular formula is C20H24O5. The molecule has 1 aliphatic carbocycles. The highest BCUT2D eigenvalue weighted by atomic mass is 16.6. The first-order valence-corrected chi connectivity index (χ1v) is 8.91. The lowest BCUT2D eigenvalue weighted by Gasteiger charge is -2.17. The minimum atomic E-state index is -0.669. The molecule has 134 valence electrons. The number of ether oxygens (including phenoxy) is 2. The van der Waals surface area contributed by atoms with Gasteiger partial charge in [-0.25, -0.2) is 9.59 Å². The van der Waals surface area contributed by atoms with Crippen LogP contribution in [-0.4, -0.2) is 18.7 Å². The predicted octanol–water partition coefficient (Wildman–Crippen LogP) is 3.64. The number of fused-ring (bicyclic) bond motifs is 3. The largest absolute Gasteiger partial charge is 0.479 e. The summed E-state index contributed by atoms with van der Waals surface area (Å²) in [5.74, 6) is 0.409. The lowest BCUT2D eigenvalue weighted by atomic mass is 10.1. The van der Waals surface area contributed by atoms with Crippen molar-refractivity contribution in [2.24, 2.45) is 5.92 Å². The van der Waals surface area contributed by atoms with E-state index in [9.17, 15) is 9.59 Å². The van der Waals surface area contributed by atoms with Gasteiger partial charge in [0, 0.05) is 17.0 Å². The second-order valence-corrected chi connectivity index (χ2v) is 6.90. The maximum Gasteiger partial charge on any atom is 0.347 e. The van der Waals surface area contributed by atoms with Crippen LogP contribution in [0.4, 0.5) is 0 Å². The molecule has 0 radical (unpaired) electrons. The van der Waals surface area contributed by atoms with Gasteiger partial charge in [-0.2, -0.15) is 0 Å². The Morgan fingerprint density at radius 1 is 1.24 bits per heavy atom. The van der Waals surface area contributed by atoms with Crippen LogP contribution in [0, 0.1) is 5.92 Å². The van der Waals surface area contributed by atoms with Crippen molar-refractivity contribution in [3.8, 4) is 5.75 Å². The van der Waals surface area contributed by atoms with Gasteiger partial charge in [0.05, 0.1) is 6.61 Å². The zero-order valence-electron chi connectivity index (χ0n) is 15.0. The molecule has 0 N–H and O–H groups in total. The standard InChI is InChI=1S/C20H24O5/c1-4-17(20(22)23-11-12(2)3)24-13-8-9-15-14-6-5-7-16(14)19(21)25-18(15)10-13/h8-10,12,17H,4-7,11H2,1-3H3/t17-/m1/s1. The summed E-state index contributed by atoms with van der Waals surface area (Å²) in [7, 11) is 0. The van der Waals surface area contributed by atoms with Crippen LogP contribution in [0.5, 0.6) is 5.75 Å². The fourth-order valence-corrected chi connectivity index (χ4v) is 3.14. The van der Waals surface area contributed by atoms with E-state index in [2.05, 4.69) is 0 Å². The summed E-state index contributed by atoms with van der Waals surface area (Å²) < 4.78 is 16.5. The number of hydrogen-bond acceptors (Lipinski definition) is 5. The molecule has 5 nitrogen and oxygen atoms in total. The molecular weight excluding hydrogens is 320 g/mol. The van der Waals surface area contributed by atoms with Gasteiger partial charge in [0.25, 0.3) is 0 Å². The highest BCUT2D eigenvalue weighted by Gasteiger charge is 2.22. The molecule has 0 bridgehead atoms. The molecule has 0 saturated carbocycles. The molecule has 1 aromatic carbocycles. The van der Waals surface area contributed by atoms with E-state index in [1.807, 2.05) is 32.9 Å². The second-order valence-electron chi connectivity index (χ2n) is 6.90. The molecule has 25 heavy (non-hydrogen) atoms. The van der Waals surface area contributed by atoms with E-state index in [0.29, 0.717) is 24.4 Å². The Morgan fingerprint density at radius 3 is 2.72 bits per heavy atom. The quantitative estimate of drug-likeness (QED) is 0.591. The Balaban J connectivity index is 1.83. The van der Waals surface area contributed by atoms with Crippen molar-refractivity contribution < 1.29 is 18.7 Å². The first-order chi connectivity index (χ1) is 12.0. The van der Waals surface area contributed by atoms with Gasteiger partial charge in [-0.15, -0.1) is 0 Å². The predicted molar refractivity (Wildman–Crippen MR) is 95.0 cm³/mol. The third kappa shape index (κ3) is 3.70. The fraction of sp³-hybridized carbons (Fsp3) is 0.500. The van der Waals surface area contributed by atoms with Crippen LogP contribution in [0.2, 0.25) is 0 Å². The first-order valence-electron chi connectivity index (χ1n) is 8.91. The fourth-order valence-electron chi connectivity index (χ4n) is 3.14. The molecule has 0 unspecified atom stereocenters. The topological polar surface area (TPSA) is 65.7 Å². The Morgan fingerprint density at radius 2 is 2.00 bits per heavy atom. The van der Waals surface area contributed by atoms with Crippen LogP contribution in [-0.2, 0) is 22.4 Å². The van der Waals surface area contributed by atoms with E-state index in [0.717, 1.165) is 35.8 Å². The summed E-state index contributed by atoms with van der Waals surface area (Å²) in [4.78, 5) is 24.2. The van der Waals surface area contributed by atoms with Gasteiger partial charge in [0.1, 0.15) is 11.3 Å². The first kappa shape index (κ1) is 17.5. The van der Waals surface area contributed by atoms with Crippen molar-refractivity contribution >= 4 is 16.9 Å². The van der Waals surface area contributed by atoms with Crippen LogP contribution in [0.25, 0.3) is 11.0 Å². The molecule has 5 heteroatoms. The third-order valence-corrected chi connectivity index (χ3v) is 4.42. The van der Waals surface area contributed by atoms with E-state index in [-0.39, 0.29) is 17.5 Å². The lowest BCUT2D eigenvalue weighted by Crippen LogP contribution is -2.29. The number of carbonyl (C=O) groups is 1. The monoisotopic (exact) mass is 344 g/mol. The smallest absolute Gasteiger partial charge is 0.347 e. The zero-order valence-corrected chi connectivity index (χ0v) is 15.0. The summed E-state index contributed by atoms with van der Waals surface area (Å²) in [6.45, 7) is 6.21. The number of hydrogen-bond donors (Lipinski definition) is 0. The molecule has 0 saturated heterocycles. The number of benzene rings is 1. The molecule has 1 aromatic heterocycles. The molecule has 1 atom stereocenters. The summed E-state index contributed by atoms with van der Waals surface area (Å²) >= 11 is 0. The number of aryl methyl sites for hydroxylation is 1. The normalized spacial score (nSPS) is 14.6. The molecule has 3 rings (SSSR count). The highest BCUT2D eigenvalue weighted by molar-refractivity contribution is 5.83. The van der Waals surface area contributed by atoms with Crippen molar-refractivity contribution in [1.29, 1.82) is 0 Å². The van der Waals surface area contributed by atoms with Crippen LogP contribution >= 0.6 is 0 Å². The highest BCUT2D eigenvalue weighted by Crippen LogP contribution is 2.30. The van der Waals surface area contributed by atoms with Crippen molar-refractivity contribution in [3.05, 3.63) is 39.7 Å². The average Bonchev–Trinajstić information content (AvgIpc) is 3.08. The van der Waals surface area contributed by atoms with Crippen molar-refractivity contribution in [2.45, 2.75) is 52.6 Å². The van der Waals surface area contributed by atoms with Gasteiger partial charge in [-0.1, -0.05) is 20.8 Å². The van der Waals surface area contributed by atoms with E-state index in [1.54, 1.807) is 6.07 Å². The molecule has 0 aliphatic heterocycles. The Labute approximate surface area is 146 Å².